The number of rotatable bonds is 4. The van der Waals surface area contributed by atoms with Crippen LogP contribution in [0, 0.1) is 6.92 Å². The molecule has 0 amide bonds. The summed E-state index contributed by atoms with van der Waals surface area (Å²) < 4.78 is 2.11. The van der Waals surface area contributed by atoms with Gasteiger partial charge in [-0.1, -0.05) is 0 Å². The number of nitrogens with one attached hydrogen (secondary N) is 1. The molecule has 2 atom stereocenters. The molecule has 1 aromatic heterocycles. The number of aryl methyl sites for hydroxylation is 1. The van der Waals surface area contributed by atoms with Gasteiger partial charge in [0.15, 0.2) is 0 Å². The highest BCUT2D eigenvalue weighted by molar-refractivity contribution is 5.79. The molecule has 0 aliphatic heterocycles. The molecule has 2 N–H and O–H groups in total. The Kier molecular flexibility index (Phi) is 3.94. The monoisotopic (exact) mass is 265 g/mol. The van der Waals surface area contributed by atoms with Crippen LogP contribution >= 0.6 is 0 Å². The first-order valence-corrected chi connectivity index (χ1v) is 6.95. The Morgan fingerprint density at radius 2 is 2.37 bits per heavy atom. The third-order valence-electron chi connectivity index (χ3n) is 3.96. The van der Waals surface area contributed by atoms with Crippen molar-refractivity contribution in [1.29, 1.82) is 0 Å². The van der Waals surface area contributed by atoms with Gasteiger partial charge >= 0.3 is 5.97 Å². The minimum absolute atomic E-state index is 0.165. The summed E-state index contributed by atoms with van der Waals surface area (Å²) in [5.41, 5.74) is -0.798. The van der Waals surface area contributed by atoms with Crippen molar-refractivity contribution in [3.05, 3.63) is 18.2 Å². The fraction of sp³-hybridized carbons (Fsp3) is 0.714. The molecule has 2 rings (SSSR count). The highest BCUT2D eigenvalue weighted by atomic mass is 16.4. The average Bonchev–Trinajstić information content (AvgIpc) is 2.74. The summed E-state index contributed by atoms with van der Waals surface area (Å²) in [6.07, 6.45) is 7.00. The van der Waals surface area contributed by atoms with Crippen LogP contribution in [0.25, 0.3) is 0 Å². The zero-order chi connectivity index (χ0) is 14.0. The molecule has 5 nitrogen and oxygen atoms in total. The van der Waals surface area contributed by atoms with Gasteiger partial charge < -0.3 is 9.67 Å². The molecular formula is C14H23N3O2. The van der Waals surface area contributed by atoms with E-state index in [4.69, 9.17) is 0 Å². The molecule has 1 aliphatic carbocycles. The lowest BCUT2D eigenvalue weighted by Crippen LogP contribution is -2.57. The number of hydrogen-bond donors (Lipinski definition) is 2. The van der Waals surface area contributed by atoms with Crippen molar-refractivity contribution in [3.8, 4) is 0 Å². The number of aromatic nitrogens is 2. The molecule has 106 valence electrons. The molecule has 5 heteroatoms. The van der Waals surface area contributed by atoms with Crippen LogP contribution in [0.3, 0.4) is 0 Å². The second kappa shape index (κ2) is 5.33. The molecule has 0 spiro atoms. The maximum Gasteiger partial charge on any atom is 0.323 e. The lowest BCUT2D eigenvalue weighted by molar-refractivity contribution is -0.147. The second-order valence-corrected chi connectivity index (χ2v) is 5.82. The smallest absolute Gasteiger partial charge is 0.323 e. The Bertz CT molecular complexity index is 455. The quantitative estimate of drug-likeness (QED) is 0.875. The van der Waals surface area contributed by atoms with Crippen LogP contribution in [0.4, 0.5) is 0 Å². The van der Waals surface area contributed by atoms with Crippen LogP contribution < -0.4 is 5.32 Å². The van der Waals surface area contributed by atoms with Crippen LogP contribution in [0.15, 0.2) is 12.4 Å². The Labute approximate surface area is 114 Å². The van der Waals surface area contributed by atoms with Gasteiger partial charge in [-0.3, -0.25) is 10.1 Å². The summed E-state index contributed by atoms with van der Waals surface area (Å²) in [6, 6.07) is 0.386. The Morgan fingerprint density at radius 1 is 1.63 bits per heavy atom. The molecular weight excluding hydrogens is 242 g/mol. The third kappa shape index (κ3) is 2.81. The normalized spacial score (nSPS) is 27.7. The molecule has 2 unspecified atom stereocenters. The fourth-order valence-electron chi connectivity index (χ4n) is 3.20. The van der Waals surface area contributed by atoms with Gasteiger partial charge in [-0.05, 0) is 46.5 Å². The van der Waals surface area contributed by atoms with E-state index in [2.05, 4.69) is 14.9 Å². The van der Waals surface area contributed by atoms with Gasteiger partial charge in [0.1, 0.15) is 11.4 Å². The molecule has 1 aromatic rings. The van der Waals surface area contributed by atoms with Gasteiger partial charge in [-0.2, -0.15) is 0 Å². The molecule has 0 saturated heterocycles. The Hall–Kier alpha value is -1.36. The van der Waals surface area contributed by atoms with Gasteiger partial charge in [0.25, 0.3) is 0 Å². The Balaban J connectivity index is 2.23. The number of carboxylic acid groups (broad SMARTS) is 1. The molecule has 1 fully saturated rings. The maximum absolute atomic E-state index is 11.7. The van der Waals surface area contributed by atoms with E-state index in [0.717, 1.165) is 18.7 Å². The van der Waals surface area contributed by atoms with Gasteiger partial charge in [0, 0.05) is 24.5 Å². The topological polar surface area (TPSA) is 67.2 Å². The first-order chi connectivity index (χ1) is 8.94. The Morgan fingerprint density at radius 3 is 2.89 bits per heavy atom. The summed E-state index contributed by atoms with van der Waals surface area (Å²) in [5, 5.41) is 12.9. The van der Waals surface area contributed by atoms with Crippen molar-refractivity contribution in [1.82, 2.24) is 14.9 Å². The zero-order valence-corrected chi connectivity index (χ0v) is 11.9. The van der Waals surface area contributed by atoms with E-state index in [1.54, 1.807) is 6.20 Å². The van der Waals surface area contributed by atoms with Crippen LogP contribution in [0.5, 0.6) is 0 Å². The minimum atomic E-state index is -0.798. The van der Waals surface area contributed by atoms with Gasteiger partial charge in [0.2, 0.25) is 0 Å². The number of imidazole rings is 1. The van der Waals surface area contributed by atoms with Gasteiger partial charge in [0.05, 0.1) is 0 Å². The SMILES string of the molecule is Cc1nccn1C1CCCC(NC(C)C)(C(=O)O)C1. The molecule has 19 heavy (non-hydrogen) atoms. The molecule has 0 radical (unpaired) electrons. The second-order valence-electron chi connectivity index (χ2n) is 5.82. The van der Waals surface area contributed by atoms with E-state index >= 15 is 0 Å². The summed E-state index contributed by atoms with van der Waals surface area (Å²) in [5.74, 6) is 0.222. The third-order valence-corrected chi connectivity index (χ3v) is 3.96. The van der Waals surface area contributed by atoms with E-state index in [1.165, 1.54) is 0 Å². The van der Waals surface area contributed by atoms with E-state index < -0.39 is 11.5 Å². The van der Waals surface area contributed by atoms with Crippen LogP contribution in [-0.4, -0.2) is 32.2 Å². The first-order valence-electron chi connectivity index (χ1n) is 6.95. The highest BCUT2D eigenvalue weighted by Gasteiger charge is 2.43. The summed E-state index contributed by atoms with van der Waals surface area (Å²) in [7, 11) is 0. The summed E-state index contributed by atoms with van der Waals surface area (Å²) >= 11 is 0. The number of hydrogen-bond acceptors (Lipinski definition) is 3. The standard InChI is InChI=1S/C14H23N3O2/c1-10(2)16-14(13(18)19)6-4-5-12(9-14)17-8-7-15-11(17)3/h7-8,10,12,16H,4-6,9H2,1-3H3,(H,18,19). The van der Waals surface area contributed by atoms with Gasteiger partial charge in [-0.25, -0.2) is 4.98 Å². The maximum atomic E-state index is 11.7. The number of carboxylic acids is 1. The van der Waals surface area contributed by atoms with Gasteiger partial charge in [-0.15, -0.1) is 0 Å². The van der Waals surface area contributed by atoms with Crippen LogP contribution in [-0.2, 0) is 4.79 Å². The van der Waals surface area contributed by atoms with Crippen LogP contribution in [0.1, 0.15) is 51.4 Å². The highest BCUT2D eigenvalue weighted by Crippen LogP contribution is 2.36. The van der Waals surface area contributed by atoms with E-state index in [1.807, 2.05) is 27.0 Å². The van der Waals surface area contributed by atoms with Crippen molar-refractivity contribution in [2.45, 2.75) is 64.1 Å². The molecule has 1 saturated carbocycles. The predicted octanol–water partition coefficient (Wildman–Crippen LogP) is 2.13. The average molecular weight is 265 g/mol. The van der Waals surface area contributed by atoms with E-state index in [-0.39, 0.29) is 12.1 Å². The number of nitrogens with zero attached hydrogens (tertiary/aromatic N) is 2. The number of carbonyl (C=O) groups is 1. The molecule has 1 aliphatic rings. The summed E-state index contributed by atoms with van der Waals surface area (Å²) in [4.78, 5) is 16.0. The molecule has 1 heterocycles. The lowest BCUT2D eigenvalue weighted by Gasteiger charge is -2.40. The molecule has 0 bridgehead atoms. The van der Waals surface area contributed by atoms with Crippen molar-refractivity contribution in [2.24, 2.45) is 0 Å². The molecule has 0 aromatic carbocycles. The van der Waals surface area contributed by atoms with Crippen LogP contribution in [0.2, 0.25) is 0 Å². The predicted molar refractivity (Wildman–Crippen MR) is 73.1 cm³/mol. The largest absolute Gasteiger partial charge is 0.480 e. The van der Waals surface area contributed by atoms with E-state index in [0.29, 0.717) is 12.8 Å². The van der Waals surface area contributed by atoms with E-state index in [9.17, 15) is 9.90 Å². The fourth-order valence-corrected chi connectivity index (χ4v) is 3.20. The van der Waals surface area contributed by atoms with Crippen molar-refractivity contribution in [2.75, 3.05) is 0 Å². The zero-order valence-electron chi connectivity index (χ0n) is 11.9. The lowest BCUT2D eigenvalue weighted by atomic mass is 9.78. The van der Waals surface area contributed by atoms with Crippen molar-refractivity contribution >= 4 is 5.97 Å². The first kappa shape index (κ1) is 14.1. The number of aliphatic carboxylic acids is 1. The minimum Gasteiger partial charge on any atom is -0.480 e. The van der Waals surface area contributed by atoms with Crippen molar-refractivity contribution in [3.63, 3.8) is 0 Å². The van der Waals surface area contributed by atoms with Crippen molar-refractivity contribution < 1.29 is 9.90 Å². The summed E-state index contributed by atoms with van der Waals surface area (Å²) in [6.45, 7) is 5.96.